The maximum Gasteiger partial charge on any atom is 0.343 e. The summed E-state index contributed by atoms with van der Waals surface area (Å²) < 4.78 is 5.09. The Morgan fingerprint density at radius 1 is 0.800 bits per heavy atom. The summed E-state index contributed by atoms with van der Waals surface area (Å²) >= 11 is 0. The number of ketones is 1. The van der Waals surface area contributed by atoms with Crippen LogP contribution < -0.4 is 0 Å². The van der Waals surface area contributed by atoms with E-state index >= 15 is 0 Å². The van der Waals surface area contributed by atoms with Crippen molar-refractivity contribution in [2.24, 2.45) is 0 Å². The molecule has 2 heteroatoms. The number of carbonyl (C=O) groups excluding carboxylic acids is 1. The van der Waals surface area contributed by atoms with Crippen molar-refractivity contribution in [3.8, 4) is 0 Å². The van der Waals surface area contributed by atoms with Crippen LogP contribution in [0.5, 0.6) is 0 Å². The van der Waals surface area contributed by atoms with Gasteiger partial charge in [0.1, 0.15) is 0 Å². The van der Waals surface area contributed by atoms with Crippen LogP contribution >= 0.6 is 0 Å². The fourth-order valence-corrected chi connectivity index (χ4v) is 1.45. The standard InChI is InChI=1S/C13H12NO/c1-15-13-8-4-11(5-9-13)10-2-6-12(14)7-3-10/h2-9,14H,1H3/q+1. The van der Waals surface area contributed by atoms with Gasteiger partial charge in [-0.05, 0) is 35.5 Å². The normalized spacial score (nSPS) is 19.0. The lowest BCUT2D eigenvalue weighted by Crippen LogP contribution is -1.98. The lowest BCUT2D eigenvalue weighted by atomic mass is 9.99. The van der Waals surface area contributed by atoms with Crippen molar-refractivity contribution >= 4 is 11.5 Å². The van der Waals surface area contributed by atoms with E-state index in [2.05, 4.69) is 0 Å². The minimum absolute atomic E-state index is 0.535. The van der Waals surface area contributed by atoms with Gasteiger partial charge in [0.15, 0.2) is 0 Å². The van der Waals surface area contributed by atoms with Gasteiger partial charge in [-0.3, -0.25) is 4.42 Å². The van der Waals surface area contributed by atoms with Gasteiger partial charge >= 0.3 is 5.78 Å². The molecule has 2 nitrogen and oxygen atoms in total. The Morgan fingerprint density at radius 2 is 1.27 bits per heavy atom. The van der Waals surface area contributed by atoms with Gasteiger partial charge in [0.2, 0.25) is 0 Å². The fraction of sp³-hybridized carbons (Fsp3) is 0.0769. The number of rotatable bonds is 0. The zero-order chi connectivity index (χ0) is 10.7. The molecule has 0 atom stereocenters. The maximum atomic E-state index is 7.40. The molecule has 0 unspecified atom stereocenters. The first kappa shape index (κ1) is 9.59. The van der Waals surface area contributed by atoms with Crippen LogP contribution in [-0.2, 0) is 4.42 Å². The van der Waals surface area contributed by atoms with Crippen molar-refractivity contribution in [2.45, 2.75) is 0 Å². The molecule has 0 saturated carbocycles. The zero-order valence-electron chi connectivity index (χ0n) is 8.53. The van der Waals surface area contributed by atoms with Crippen LogP contribution in [0.3, 0.4) is 0 Å². The molecule has 0 aromatic carbocycles. The molecule has 2 rings (SSSR count). The Morgan fingerprint density at radius 3 is 1.73 bits per heavy atom. The molecule has 0 bridgehead atoms. The lowest BCUT2D eigenvalue weighted by molar-refractivity contribution is -0.417. The Labute approximate surface area is 88.8 Å². The Balaban J connectivity index is 2.31. The second-order valence-corrected chi connectivity index (χ2v) is 3.31. The summed E-state index contributed by atoms with van der Waals surface area (Å²) in [5, 5.41) is 7.40. The summed E-state index contributed by atoms with van der Waals surface area (Å²) in [6.45, 7) is 0. The third kappa shape index (κ3) is 2.10. The lowest BCUT2D eigenvalue weighted by Gasteiger charge is -2.05. The van der Waals surface area contributed by atoms with E-state index in [0.717, 1.165) is 16.9 Å². The van der Waals surface area contributed by atoms with E-state index in [0.29, 0.717) is 5.71 Å². The van der Waals surface area contributed by atoms with Crippen LogP contribution in [-0.4, -0.2) is 18.6 Å². The summed E-state index contributed by atoms with van der Waals surface area (Å²) in [6, 6.07) is 0. The predicted octanol–water partition coefficient (Wildman–Crippen LogP) is 2.29. The molecule has 0 fully saturated rings. The van der Waals surface area contributed by atoms with Crippen LogP contribution in [0.2, 0.25) is 0 Å². The fourth-order valence-electron chi connectivity index (χ4n) is 1.45. The van der Waals surface area contributed by atoms with Crippen molar-refractivity contribution in [2.75, 3.05) is 7.11 Å². The van der Waals surface area contributed by atoms with Crippen LogP contribution in [0.15, 0.2) is 59.8 Å². The van der Waals surface area contributed by atoms with E-state index < -0.39 is 0 Å². The quantitative estimate of drug-likeness (QED) is 0.580. The number of hydrogen-bond acceptors (Lipinski definition) is 1. The molecule has 0 radical (unpaired) electrons. The zero-order valence-corrected chi connectivity index (χ0v) is 8.53. The average Bonchev–Trinajstić information content (AvgIpc) is 2.30. The molecule has 1 N–H and O–H groups in total. The van der Waals surface area contributed by atoms with Crippen LogP contribution in [0, 0.1) is 5.41 Å². The highest BCUT2D eigenvalue weighted by molar-refractivity contribution is 6.04. The number of hydrogen-bond donors (Lipinski definition) is 1. The molecule has 0 heterocycles. The summed E-state index contributed by atoms with van der Waals surface area (Å²) in [6.07, 6.45) is 15.4. The second kappa shape index (κ2) is 4.05. The molecule has 0 saturated heterocycles. The minimum Gasteiger partial charge on any atom is -0.301 e. The van der Waals surface area contributed by atoms with E-state index in [1.165, 1.54) is 0 Å². The van der Waals surface area contributed by atoms with Gasteiger partial charge in [-0.1, -0.05) is 12.2 Å². The van der Waals surface area contributed by atoms with Crippen molar-refractivity contribution in [3.63, 3.8) is 0 Å². The van der Waals surface area contributed by atoms with E-state index in [9.17, 15) is 0 Å². The molecular weight excluding hydrogens is 186 g/mol. The molecule has 15 heavy (non-hydrogen) atoms. The summed E-state index contributed by atoms with van der Waals surface area (Å²) in [4.78, 5) is 0. The topological polar surface area (TPSA) is 35.2 Å². The van der Waals surface area contributed by atoms with Crippen LogP contribution in [0.1, 0.15) is 0 Å². The highest BCUT2D eigenvalue weighted by Gasteiger charge is 2.08. The van der Waals surface area contributed by atoms with Gasteiger partial charge in [-0.15, -0.1) is 0 Å². The SMILES string of the molecule is C[O+]=C1C=CC(=C2C=CC(=N)C=C2)C=C1. The largest absolute Gasteiger partial charge is 0.343 e. The molecule has 0 aliphatic heterocycles. The molecule has 0 aromatic rings. The monoisotopic (exact) mass is 198 g/mol. The first-order valence-electron chi connectivity index (χ1n) is 4.76. The highest BCUT2D eigenvalue weighted by Crippen LogP contribution is 2.17. The first-order chi connectivity index (χ1) is 7.29. The van der Waals surface area contributed by atoms with Gasteiger partial charge in [0, 0.05) is 12.2 Å². The molecule has 0 amide bonds. The molecule has 2 aliphatic carbocycles. The van der Waals surface area contributed by atoms with Gasteiger partial charge in [0.05, 0.1) is 5.71 Å². The second-order valence-electron chi connectivity index (χ2n) is 3.31. The van der Waals surface area contributed by atoms with Crippen molar-refractivity contribution in [1.29, 1.82) is 5.41 Å². The summed E-state index contributed by atoms with van der Waals surface area (Å²) in [5.74, 6) is 0.857. The summed E-state index contributed by atoms with van der Waals surface area (Å²) in [7, 11) is 1.66. The van der Waals surface area contributed by atoms with Crippen molar-refractivity contribution in [3.05, 3.63) is 59.8 Å². The highest BCUT2D eigenvalue weighted by atomic mass is 16.4. The summed E-state index contributed by atoms with van der Waals surface area (Å²) in [5.41, 5.74) is 2.79. The predicted molar refractivity (Wildman–Crippen MR) is 62.2 cm³/mol. The van der Waals surface area contributed by atoms with Gasteiger partial charge in [-0.2, -0.15) is 0 Å². The number of allylic oxidation sites excluding steroid dienone is 10. The average molecular weight is 198 g/mol. The van der Waals surface area contributed by atoms with Crippen molar-refractivity contribution in [1.82, 2.24) is 0 Å². The van der Waals surface area contributed by atoms with Crippen LogP contribution in [0.25, 0.3) is 0 Å². The molecule has 2 aliphatic rings. The van der Waals surface area contributed by atoms with Gasteiger partial charge in [-0.25, -0.2) is 0 Å². The van der Waals surface area contributed by atoms with E-state index in [1.54, 1.807) is 19.3 Å². The molecule has 0 spiro atoms. The van der Waals surface area contributed by atoms with E-state index in [1.807, 2.05) is 36.5 Å². The third-order valence-corrected chi connectivity index (χ3v) is 2.31. The Bertz CT molecular complexity index is 435. The van der Waals surface area contributed by atoms with E-state index in [-0.39, 0.29) is 0 Å². The van der Waals surface area contributed by atoms with Gasteiger partial charge in [0.25, 0.3) is 7.11 Å². The van der Waals surface area contributed by atoms with Gasteiger partial charge < -0.3 is 5.41 Å². The van der Waals surface area contributed by atoms with E-state index in [4.69, 9.17) is 9.83 Å². The smallest absolute Gasteiger partial charge is 0.301 e. The van der Waals surface area contributed by atoms with Crippen LogP contribution in [0.4, 0.5) is 0 Å². The molecule has 74 valence electrons. The molecule has 0 aromatic heterocycles. The maximum absolute atomic E-state index is 7.40. The minimum atomic E-state index is 0.535. The third-order valence-electron chi connectivity index (χ3n) is 2.31. The molecular formula is C13H12NO+. The first-order valence-corrected chi connectivity index (χ1v) is 4.76. The van der Waals surface area contributed by atoms with Crippen molar-refractivity contribution < 1.29 is 4.42 Å². The Kier molecular flexibility index (Phi) is 2.59. The number of nitrogens with one attached hydrogen (secondary N) is 1. The Hall–Kier alpha value is -1.96.